The number of hydrogen-bond acceptors (Lipinski definition) is 3. The fourth-order valence-corrected chi connectivity index (χ4v) is 3.55. The number of ether oxygens (including phenoxy) is 1. The maximum absolute atomic E-state index is 12.1. The van der Waals surface area contributed by atoms with Crippen LogP contribution in [0.15, 0.2) is 66.2 Å². The summed E-state index contributed by atoms with van der Waals surface area (Å²) in [4.78, 5) is 12.1. The number of aryl methyl sites for hydroxylation is 1. The first-order valence-electron chi connectivity index (χ1n) is 10.7. The summed E-state index contributed by atoms with van der Waals surface area (Å²) >= 11 is 0. The van der Waals surface area contributed by atoms with Crippen LogP contribution in [0.25, 0.3) is 0 Å². The molecule has 0 radical (unpaired) electrons. The molecule has 1 aliphatic rings. The van der Waals surface area contributed by atoms with Crippen molar-refractivity contribution in [2.24, 2.45) is 0 Å². The second kappa shape index (κ2) is 11.9. The van der Waals surface area contributed by atoms with Gasteiger partial charge in [0, 0.05) is 18.3 Å². The van der Waals surface area contributed by atoms with Gasteiger partial charge in [0.2, 0.25) is 5.91 Å². The van der Waals surface area contributed by atoms with Gasteiger partial charge in [-0.3, -0.25) is 4.79 Å². The van der Waals surface area contributed by atoms with Crippen molar-refractivity contribution < 1.29 is 9.53 Å². The number of allylic oxidation sites excluding steroid dienone is 1. The standard InChI is InChI=1S/C25H32N2O2/c28-25(26-17-16-22-11-5-2-6-12-22)20-27-23-14-7-15-24(19-23)29-18-8-13-21-9-3-1-4-10-21/h1,3-4,7,9-11,14-15,19,27H,2,5-6,8,12-13,16-18,20H2,(H,26,28). The predicted octanol–water partition coefficient (Wildman–Crippen LogP) is 5.12. The largest absolute Gasteiger partial charge is 0.494 e. The number of nitrogens with one attached hydrogen (secondary N) is 2. The fraction of sp³-hybridized carbons (Fsp3) is 0.400. The van der Waals surface area contributed by atoms with Crippen molar-refractivity contribution in [2.45, 2.75) is 44.9 Å². The molecule has 4 heteroatoms. The Bertz CT molecular complexity index is 786. The summed E-state index contributed by atoms with van der Waals surface area (Å²) in [6, 6.07) is 18.2. The Kier molecular flexibility index (Phi) is 8.64. The van der Waals surface area contributed by atoms with E-state index >= 15 is 0 Å². The third-order valence-corrected chi connectivity index (χ3v) is 5.16. The van der Waals surface area contributed by atoms with Crippen molar-refractivity contribution in [3.8, 4) is 5.75 Å². The highest BCUT2D eigenvalue weighted by atomic mass is 16.5. The average molecular weight is 393 g/mol. The summed E-state index contributed by atoms with van der Waals surface area (Å²) in [5.74, 6) is 0.850. The number of amides is 1. The molecule has 0 saturated carbocycles. The van der Waals surface area contributed by atoms with Gasteiger partial charge in [-0.15, -0.1) is 0 Å². The van der Waals surface area contributed by atoms with E-state index in [2.05, 4.69) is 41.0 Å². The highest BCUT2D eigenvalue weighted by Crippen LogP contribution is 2.19. The number of anilines is 1. The molecule has 4 nitrogen and oxygen atoms in total. The van der Waals surface area contributed by atoms with E-state index in [4.69, 9.17) is 4.74 Å². The van der Waals surface area contributed by atoms with E-state index in [-0.39, 0.29) is 12.5 Å². The smallest absolute Gasteiger partial charge is 0.239 e. The molecule has 2 N–H and O–H groups in total. The summed E-state index contributed by atoms with van der Waals surface area (Å²) in [5, 5.41) is 6.18. The molecule has 0 aromatic heterocycles. The zero-order valence-corrected chi connectivity index (χ0v) is 17.2. The molecule has 0 atom stereocenters. The quantitative estimate of drug-likeness (QED) is 0.412. The van der Waals surface area contributed by atoms with Gasteiger partial charge in [-0.05, 0) is 62.6 Å². The maximum atomic E-state index is 12.1. The van der Waals surface area contributed by atoms with Crippen LogP contribution >= 0.6 is 0 Å². The molecule has 0 fully saturated rings. The van der Waals surface area contributed by atoms with Crippen LogP contribution in [0.2, 0.25) is 0 Å². The SMILES string of the molecule is O=C(CNc1cccc(OCCCc2ccccc2)c1)NCCC1=CCCCC1. The summed E-state index contributed by atoms with van der Waals surface area (Å²) in [5.41, 5.74) is 3.72. The highest BCUT2D eigenvalue weighted by Gasteiger charge is 2.05. The topological polar surface area (TPSA) is 50.4 Å². The molecule has 1 amide bonds. The van der Waals surface area contributed by atoms with Crippen molar-refractivity contribution in [1.82, 2.24) is 5.32 Å². The van der Waals surface area contributed by atoms with E-state index in [0.29, 0.717) is 6.61 Å². The molecular formula is C25H32N2O2. The van der Waals surface area contributed by atoms with Crippen molar-refractivity contribution in [3.63, 3.8) is 0 Å². The molecule has 0 bridgehead atoms. The summed E-state index contributed by atoms with van der Waals surface area (Å²) in [7, 11) is 0. The van der Waals surface area contributed by atoms with E-state index in [9.17, 15) is 4.79 Å². The van der Waals surface area contributed by atoms with Crippen LogP contribution in [0, 0.1) is 0 Å². The molecular weight excluding hydrogens is 360 g/mol. The number of carbonyl (C=O) groups is 1. The van der Waals surface area contributed by atoms with Gasteiger partial charge < -0.3 is 15.4 Å². The van der Waals surface area contributed by atoms with Crippen LogP contribution in [0.4, 0.5) is 5.69 Å². The summed E-state index contributed by atoms with van der Waals surface area (Å²) in [6.07, 6.45) is 10.2. The molecule has 0 aliphatic heterocycles. The minimum absolute atomic E-state index is 0.0237. The molecule has 0 heterocycles. The van der Waals surface area contributed by atoms with Crippen LogP contribution in [0.5, 0.6) is 5.75 Å². The van der Waals surface area contributed by atoms with Crippen LogP contribution < -0.4 is 15.4 Å². The first-order chi connectivity index (χ1) is 14.3. The third-order valence-electron chi connectivity index (χ3n) is 5.16. The Hall–Kier alpha value is -2.75. The Morgan fingerprint density at radius 1 is 1.00 bits per heavy atom. The monoisotopic (exact) mass is 392 g/mol. The van der Waals surface area contributed by atoms with Gasteiger partial charge in [-0.2, -0.15) is 0 Å². The van der Waals surface area contributed by atoms with Gasteiger partial charge in [0.25, 0.3) is 0 Å². The van der Waals surface area contributed by atoms with Crippen molar-refractivity contribution in [2.75, 3.05) is 25.0 Å². The van der Waals surface area contributed by atoms with Crippen LogP contribution in [-0.2, 0) is 11.2 Å². The van der Waals surface area contributed by atoms with Crippen molar-refractivity contribution in [1.29, 1.82) is 0 Å². The number of benzene rings is 2. The number of hydrogen-bond donors (Lipinski definition) is 2. The second-order valence-electron chi connectivity index (χ2n) is 7.53. The summed E-state index contributed by atoms with van der Waals surface area (Å²) in [6.45, 7) is 1.67. The molecule has 29 heavy (non-hydrogen) atoms. The van der Waals surface area contributed by atoms with Crippen LogP contribution in [0.3, 0.4) is 0 Å². The van der Waals surface area contributed by atoms with Crippen LogP contribution in [0.1, 0.15) is 44.1 Å². The van der Waals surface area contributed by atoms with E-state index < -0.39 is 0 Å². The maximum Gasteiger partial charge on any atom is 0.239 e. The Morgan fingerprint density at radius 2 is 1.90 bits per heavy atom. The fourth-order valence-electron chi connectivity index (χ4n) is 3.55. The third kappa shape index (κ3) is 8.02. The zero-order chi connectivity index (χ0) is 20.2. The molecule has 0 saturated heterocycles. The molecule has 0 spiro atoms. The average Bonchev–Trinajstić information content (AvgIpc) is 2.77. The molecule has 1 aliphatic carbocycles. The van der Waals surface area contributed by atoms with Crippen molar-refractivity contribution >= 4 is 11.6 Å². The minimum atomic E-state index is 0.0237. The van der Waals surface area contributed by atoms with Gasteiger partial charge >= 0.3 is 0 Å². The highest BCUT2D eigenvalue weighted by molar-refractivity contribution is 5.80. The molecule has 3 rings (SSSR count). The predicted molar refractivity (Wildman–Crippen MR) is 119 cm³/mol. The molecule has 2 aromatic rings. The van der Waals surface area contributed by atoms with Gasteiger partial charge in [0.15, 0.2) is 0 Å². The van der Waals surface area contributed by atoms with Crippen LogP contribution in [-0.4, -0.2) is 25.6 Å². The Morgan fingerprint density at radius 3 is 2.72 bits per heavy atom. The first-order valence-corrected chi connectivity index (χ1v) is 10.7. The first kappa shape index (κ1) is 21.0. The van der Waals surface area contributed by atoms with Gasteiger partial charge in [-0.1, -0.05) is 48.0 Å². The van der Waals surface area contributed by atoms with Gasteiger partial charge in [0.05, 0.1) is 13.2 Å². The Labute approximate surface area is 174 Å². The summed E-state index contributed by atoms with van der Waals surface area (Å²) < 4.78 is 5.86. The lowest BCUT2D eigenvalue weighted by atomic mass is 9.97. The zero-order valence-electron chi connectivity index (χ0n) is 17.2. The van der Waals surface area contributed by atoms with E-state index in [0.717, 1.165) is 37.2 Å². The van der Waals surface area contributed by atoms with Crippen molar-refractivity contribution in [3.05, 3.63) is 71.8 Å². The minimum Gasteiger partial charge on any atom is -0.494 e. The van der Waals surface area contributed by atoms with E-state index in [1.54, 1.807) is 0 Å². The lowest BCUT2D eigenvalue weighted by Gasteiger charge is -2.13. The van der Waals surface area contributed by atoms with Gasteiger partial charge in [-0.25, -0.2) is 0 Å². The number of carbonyl (C=O) groups excluding carboxylic acids is 1. The lowest BCUT2D eigenvalue weighted by Crippen LogP contribution is -2.30. The molecule has 0 unspecified atom stereocenters. The van der Waals surface area contributed by atoms with Gasteiger partial charge in [0.1, 0.15) is 5.75 Å². The second-order valence-corrected chi connectivity index (χ2v) is 7.53. The molecule has 154 valence electrons. The lowest BCUT2D eigenvalue weighted by molar-refractivity contribution is -0.119. The number of rotatable bonds is 11. The molecule has 2 aromatic carbocycles. The van der Waals surface area contributed by atoms with E-state index in [1.807, 2.05) is 30.3 Å². The normalized spacial score (nSPS) is 13.4. The van der Waals surface area contributed by atoms with E-state index in [1.165, 1.54) is 36.8 Å². The Balaban J connectivity index is 1.32.